The zero-order valence-electron chi connectivity index (χ0n) is 12.2. The van der Waals surface area contributed by atoms with E-state index < -0.39 is 0 Å². The van der Waals surface area contributed by atoms with Crippen molar-refractivity contribution in [3.05, 3.63) is 65.5 Å². The van der Waals surface area contributed by atoms with E-state index in [0.29, 0.717) is 12.3 Å². The van der Waals surface area contributed by atoms with Crippen molar-refractivity contribution in [1.29, 1.82) is 0 Å². The molecule has 0 N–H and O–H groups in total. The van der Waals surface area contributed by atoms with Crippen molar-refractivity contribution in [3.8, 4) is 5.75 Å². The minimum atomic E-state index is -0.282. The largest absolute Gasteiger partial charge is 0.484 e. The van der Waals surface area contributed by atoms with Crippen LogP contribution in [0.4, 0.5) is 4.39 Å². The van der Waals surface area contributed by atoms with Gasteiger partial charge in [0.2, 0.25) is 0 Å². The van der Waals surface area contributed by atoms with Crippen LogP contribution in [-0.2, 0) is 11.3 Å². The molecule has 21 heavy (non-hydrogen) atoms. The Morgan fingerprint density at radius 2 is 1.71 bits per heavy atom. The number of amides is 1. The normalized spacial score (nSPS) is 10.2. The summed E-state index contributed by atoms with van der Waals surface area (Å²) in [6.07, 6.45) is 0. The summed E-state index contributed by atoms with van der Waals surface area (Å²) in [4.78, 5) is 13.5. The molecule has 1 amide bonds. The van der Waals surface area contributed by atoms with E-state index >= 15 is 0 Å². The highest BCUT2D eigenvalue weighted by Crippen LogP contribution is 2.12. The Hall–Kier alpha value is -2.36. The number of rotatable bonds is 5. The van der Waals surface area contributed by atoms with Gasteiger partial charge >= 0.3 is 0 Å². The van der Waals surface area contributed by atoms with Gasteiger partial charge in [-0.05, 0) is 36.8 Å². The maximum atomic E-state index is 12.8. The molecule has 3 nitrogen and oxygen atoms in total. The van der Waals surface area contributed by atoms with Crippen LogP contribution in [0.25, 0.3) is 0 Å². The molecule has 0 bridgehead atoms. The molecular weight excluding hydrogens is 269 g/mol. The van der Waals surface area contributed by atoms with Crippen molar-refractivity contribution < 1.29 is 13.9 Å². The van der Waals surface area contributed by atoms with E-state index in [2.05, 4.69) is 0 Å². The van der Waals surface area contributed by atoms with Crippen LogP contribution in [0.2, 0.25) is 0 Å². The third-order valence-corrected chi connectivity index (χ3v) is 3.14. The highest BCUT2D eigenvalue weighted by molar-refractivity contribution is 5.77. The standard InChI is InChI=1S/C17H18FNO2/c1-13-3-9-16(10-4-13)21-12-17(20)19(2)11-14-5-7-15(18)8-6-14/h3-10H,11-12H2,1-2H3. The number of carbonyl (C=O) groups is 1. The fraction of sp³-hybridized carbons (Fsp3) is 0.235. The third kappa shape index (κ3) is 4.60. The van der Waals surface area contributed by atoms with Crippen molar-refractivity contribution in [3.63, 3.8) is 0 Å². The molecule has 0 aromatic heterocycles. The summed E-state index contributed by atoms with van der Waals surface area (Å²) in [5.74, 6) is 0.263. The van der Waals surface area contributed by atoms with Gasteiger partial charge in [0.1, 0.15) is 11.6 Å². The van der Waals surface area contributed by atoms with Gasteiger partial charge in [-0.3, -0.25) is 4.79 Å². The lowest BCUT2D eigenvalue weighted by atomic mass is 10.2. The van der Waals surface area contributed by atoms with Crippen molar-refractivity contribution in [1.82, 2.24) is 4.90 Å². The van der Waals surface area contributed by atoms with Gasteiger partial charge < -0.3 is 9.64 Å². The predicted octanol–water partition coefficient (Wildman–Crippen LogP) is 3.17. The number of carbonyl (C=O) groups excluding carboxylic acids is 1. The van der Waals surface area contributed by atoms with Crippen LogP contribution < -0.4 is 4.74 Å². The molecule has 2 aromatic rings. The second-order valence-corrected chi connectivity index (χ2v) is 4.98. The van der Waals surface area contributed by atoms with Gasteiger partial charge in [0, 0.05) is 13.6 Å². The summed E-state index contributed by atoms with van der Waals surface area (Å²) in [5, 5.41) is 0. The van der Waals surface area contributed by atoms with Gasteiger partial charge in [-0.1, -0.05) is 29.8 Å². The molecule has 0 saturated heterocycles. The summed E-state index contributed by atoms with van der Waals surface area (Å²) in [5.41, 5.74) is 2.02. The van der Waals surface area contributed by atoms with Crippen LogP contribution in [0.15, 0.2) is 48.5 Å². The van der Waals surface area contributed by atoms with Crippen LogP contribution in [-0.4, -0.2) is 24.5 Å². The minimum absolute atomic E-state index is 0.0131. The summed E-state index contributed by atoms with van der Waals surface area (Å²) >= 11 is 0. The Kier molecular flexibility index (Phi) is 4.93. The summed E-state index contributed by atoms with van der Waals surface area (Å²) in [6.45, 7) is 2.41. The molecule has 2 aromatic carbocycles. The molecule has 0 aliphatic heterocycles. The molecule has 0 fully saturated rings. The molecule has 0 saturated carbocycles. The van der Waals surface area contributed by atoms with E-state index in [-0.39, 0.29) is 18.3 Å². The quantitative estimate of drug-likeness (QED) is 0.845. The van der Waals surface area contributed by atoms with E-state index in [9.17, 15) is 9.18 Å². The van der Waals surface area contributed by atoms with Gasteiger partial charge in [-0.15, -0.1) is 0 Å². The number of hydrogen-bond donors (Lipinski definition) is 0. The van der Waals surface area contributed by atoms with Gasteiger partial charge in [0.05, 0.1) is 0 Å². The summed E-state index contributed by atoms with van der Waals surface area (Å²) < 4.78 is 18.3. The number of ether oxygens (including phenoxy) is 1. The number of nitrogens with zero attached hydrogens (tertiary/aromatic N) is 1. The highest BCUT2D eigenvalue weighted by atomic mass is 19.1. The van der Waals surface area contributed by atoms with Crippen LogP contribution >= 0.6 is 0 Å². The Bertz CT molecular complexity index is 593. The third-order valence-electron chi connectivity index (χ3n) is 3.14. The first-order chi connectivity index (χ1) is 10.0. The van der Waals surface area contributed by atoms with Gasteiger partial charge in [-0.25, -0.2) is 4.39 Å². The zero-order valence-corrected chi connectivity index (χ0v) is 12.2. The minimum Gasteiger partial charge on any atom is -0.484 e. The second kappa shape index (κ2) is 6.88. The van der Waals surface area contributed by atoms with E-state index in [1.807, 2.05) is 31.2 Å². The van der Waals surface area contributed by atoms with E-state index in [0.717, 1.165) is 11.1 Å². The Morgan fingerprint density at radius 3 is 2.33 bits per heavy atom. The fourth-order valence-corrected chi connectivity index (χ4v) is 1.84. The molecule has 4 heteroatoms. The maximum absolute atomic E-state index is 12.8. The van der Waals surface area contributed by atoms with Gasteiger partial charge in [0.25, 0.3) is 5.91 Å². The molecule has 0 heterocycles. The number of benzene rings is 2. The fourth-order valence-electron chi connectivity index (χ4n) is 1.84. The molecule has 0 aliphatic rings. The maximum Gasteiger partial charge on any atom is 0.260 e. The van der Waals surface area contributed by atoms with E-state index in [1.165, 1.54) is 12.1 Å². The lowest BCUT2D eigenvalue weighted by molar-refractivity contribution is -0.132. The zero-order chi connectivity index (χ0) is 15.2. The predicted molar refractivity (Wildman–Crippen MR) is 79.5 cm³/mol. The van der Waals surface area contributed by atoms with Gasteiger partial charge in [-0.2, -0.15) is 0 Å². The molecule has 0 aliphatic carbocycles. The molecule has 110 valence electrons. The second-order valence-electron chi connectivity index (χ2n) is 4.98. The van der Waals surface area contributed by atoms with Crippen molar-refractivity contribution >= 4 is 5.91 Å². The Labute approximate surface area is 124 Å². The molecular formula is C17H18FNO2. The lowest BCUT2D eigenvalue weighted by Gasteiger charge is -2.17. The van der Waals surface area contributed by atoms with Crippen molar-refractivity contribution in [2.75, 3.05) is 13.7 Å². The Balaban J connectivity index is 1.84. The van der Waals surface area contributed by atoms with E-state index in [4.69, 9.17) is 4.74 Å². The molecule has 0 radical (unpaired) electrons. The molecule has 0 atom stereocenters. The number of halogens is 1. The topological polar surface area (TPSA) is 29.5 Å². The first kappa shape index (κ1) is 15.0. The molecule has 0 unspecified atom stereocenters. The smallest absolute Gasteiger partial charge is 0.260 e. The van der Waals surface area contributed by atoms with Crippen molar-refractivity contribution in [2.45, 2.75) is 13.5 Å². The van der Waals surface area contributed by atoms with Crippen LogP contribution in [0.1, 0.15) is 11.1 Å². The molecule has 2 rings (SSSR count). The first-order valence-corrected chi connectivity index (χ1v) is 6.72. The SMILES string of the molecule is Cc1ccc(OCC(=O)N(C)Cc2ccc(F)cc2)cc1. The first-order valence-electron chi connectivity index (χ1n) is 6.72. The summed E-state index contributed by atoms with van der Waals surface area (Å²) in [7, 11) is 1.70. The molecule has 0 spiro atoms. The number of likely N-dealkylation sites (N-methyl/N-ethyl adjacent to an activating group) is 1. The van der Waals surface area contributed by atoms with E-state index in [1.54, 1.807) is 24.1 Å². The number of hydrogen-bond acceptors (Lipinski definition) is 2. The average molecular weight is 287 g/mol. The van der Waals surface area contributed by atoms with Crippen molar-refractivity contribution in [2.24, 2.45) is 0 Å². The van der Waals surface area contributed by atoms with Gasteiger partial charge in [0.15, 0.2) is 6.61 Å². The highest BCUT2D eigenvalue weighted by Gasteiger charge is 2.10. The van der Waals surface area contributed by atoms with Crippen LogP contribution in [0.5, 0.6) is 5.75 Å². The monoisotopic (exact) mass is 287 g/mol. The lowest BCUT2D eigenvalue weighted by Crippen LogP contribution is -2.30. The van der Waals surface area contributed by atoms with Crippen LogP contribution in [0, 0.1) is 12.7 Å². The summed E-state index contributed by atoms with van der Waals surface area (Å²) in [6, 6.07) is 13.6. The number of aryl methyl sites for hydroxylation is 1. The van der Waals surface area contributed by atoms with Crippen LogP contribution in [0.3, 0.4) is 0 Å². The average Bonchev–Trinajstić information content (AvgIpc) is 2.48. The Morgan fingerprint density at radius 1 is 1.10 bits per heavy atom.